The first-order valence-electron chi connectivity index (χ1n) is 7.24. The Labute approximate surface area is 127 Å². The Kier molecular flexibility index (Phi) is 7.03. The van der Waals surface area contributed by atoms with Gasteiger partial charge in [0.05, 0.1) is 6.04 Å². The van der Waals surface area contributed by atoms with Crippen molar-refractivity contribution in [3.63, 3.8) is 0 Å². The molecule has 1 fully saturated rings. The van der Waals surface area contributed by atoms with Crippen molar-refractivity contribution in [2.45, 2.75) is 38.6 Å². The van der Waals surface area contributed by atoms with Crippen LogP contribution < -0.4 is 10.6 Å². The van der Waals surface area contributed by atoms with Crippen LogP contribution in [0.5, 0.6) is 0 Å². The summed E-state index contributed by atoms with van der Waals surface area (Å²) in [7, 11) is 0. The van der Waals surface area contributed by atoms with E-state index in [2.05, 4.69) is 48.7 Å². The van der Waals surface area contributed by atoms with Crippen molar-refractivity contribution < 1.29 is 4.79 Å². The number of benzene rings is 1. The van der Waals surface area contributed by atoms with E-state index in [1.807, 2.05) is 6.07 Å². The Balaban J connectivity index is 0.00000200. The summed E-state index contributed by atoms with van der Waals surface area (Å²) in [6.45, 7) is 6.10. The molecule has 1 amide bonds. The molecular weight excluding hydrogens is 272 g/mol. The number of halogens is 1. The van der Waals surface area contributed by atoms with E-state index in [0.717, 1.165) is 25.9 Å². The summed E-state index contributed by atoms with van der Waals surface area (Å²) in [6, 6.07) is 10.5. The maximum absolute atomic E-state index is 12.0. The third-order valence-corrected chi connectivity index (χ3v) is 3.91. The molecule has 2 atom stereocenters. The Morgan fingerprint density at radius 1 is 1.35 bits per heavy atom. The summed E-state index contributed by atoms with van der Waals surface area (Å²) < 4.78 is 0. The first-order valence-corrected chi connectivity index (χ1v) is 7.24. The van der Waals surface area contributed by atoms with Gasteiger partial charge < -0.3 is 10.6 Å². The number of nitrogens with one attached hydrogen (secondary N) is 2. The zero-order valence-electron chi connectivity index (χ0n) is 12.3. The van der Waals surface area contributed by atoms with Gasteiger partial charge in [-0.2, -0.15) is 0 Å². The monoisotopic (exact) mass is 296 g/mol. The molecule has 0 spiro atoms. The number of rotatable bonds is 5. The highest BCUT2D eigenvalue weighted by Gasteiger charge is 2.23. The van der Waals surface area contributed by atoms with Gasteiger partial charge in [0.1, 0.15) is 0 Å². The molecule has 0 saturated carbocycles. The van der Waals surface area contributed by atoms with Gasteiger partial charge in [0.25, 0.3) is 0 Å². The summed E-state index contributed by atoms with van der Waals surface area (Å²) in [5.74, 6) is 1.05. The fourth-order valence-corrected chi connectivity index (χ4v) is 2.68. The largest absolute Gasteiger partial charge is 0.354 e. The van der Waals surface area contributed by atoms with Gasteiger partial charge in [-0.25, -0.2) is 0 Å². The van der Waals surface area contributed by atoms with Gasteiger partial charge in [-0.1, -0.05) is 44.2 Å². The Hall–Kier alpha value is -1.06. The topological polar surface area (TPSA) is 41.1 Å². The van der Waals surface area contributed by atoms with Crippen LogP contribution in [0.25, 0.3) is 0 Å². The second-order valence-corrected chi connectivity index (χ2v) is 5.66. The molecule has 2 rings (SSSR count). The maximum Gasteiger partial charge on any atom is 0.237 e. The minimum Gasteiger partial charge on any atom is -0.354 e. The van der Waals surface area contributed by atoms with Gasteiger partial charge in [-0.3, -0.25) is 4.79 Å². The zero-order valence-corrected chi connectivity index (χ0v) is 13.1. The van der Waals surface area contributed by atoms with Crippen molar-refractivity contribution in [2.24, 2.45) is 5.92 Å². The predicted octanol–water partition coefficient (Wildman–Crippen LogP) is 2.72. The van der Waals surface area contributed by atoms with Crippen LogP contribution >= 0.6 is 12.4 Å². The van der Waals surface area contributed by atoms with E-state index in [9.17, 15) is 4.79 Å². The van der Waals surface area contributed by atoms with E-state index in [1.165, 1.54) is 5.56 Å². The van der Waals surface area contributed by atoms with Crippen LogP contribution in [0.1, 0.15) is 38.2 Å². The average Bonchev–Trinajstić information content (AvgIpc) is 2.93. The molecule has 112 valence electrons. The standard InChI is InChI=1S/C16H24N2O.ClH/c1-12(2)14(13-7-4-3-5-8-13)11-18-16(19)15-9-6-10-17-15;/h3-5,7-8,12,14-15,17H,6,9-11H2,1-2H3,(H,18,19);1H. The summed E-state index contributed by atoms with van der Waals surface area (Å²) in [5.41, 5.74) is 1.30. The SMILES string of the molecule is CC(C)C(CNC(=O)C1CCCN1)c1ccccc1.Cl. The highest BCUT2D eigenvalue weighted by molar-refractivity contribution is 5.85. The molecule has 1 aliphatic heterocycles. The van der Waals surface area contributed by atoms with E-state index in [1.54, 1.807) is 0 Å². The van der Waals surface area contributed by atoms with Crippen molar-refractivity contribution >= 4 is 18.3 Å². The number of carbonyl (C=O) groups is 1. The lowest BCUT2D eigenvalue weighted by atomic mass is 9.88. The Morgan fingerprint density at radius 3 is 2.60 bits per heavy atom. The molecule has 20 heavy (non-hydrogen) atoms. The lowest BCUT2D eigenvalue weighted by molar-refractivity contribution is -0.122. The third-order valence-electron chi connectivity index (χ3n) is 3.91. The van der Waals surface area contributed by atoms with Crippen molar-refractivity contribution in [3.8, 4) is 0 Å². The van der Waals surface area contributed by atoms with Gasteiger partial charge in [0, 0.05) is 12.5 Å². The molecule has 4 heteroatoms. The molecule has 1 heterocycles. The molecule has 1 aliphatic rings. The lowest BCUT2D eigenvalue weighted by Crippen LogP contribution is -2.42. The van der Waals surface area contributed by atoms with E-state index in [4.69, 9.17) is 0 Å². The number of hydrogen-bond donors (Lipinski definition) is 2. The van der Waals surface area contributed by atoms with Gasteiger partial charge in [-0.05, 0) is 30.9 Å². The van der Waals surface area contributed by atoms with Crippen LogP contribution in [0.3, 0.4) is 0 Å². The van der Waals surface area contributed by atoms with E-state index >= 15 is 0 Å². The van der Waals surface area contributed by atoms with E-state index in [0.29, 0.717) is 11.8 Å². The molecule has 2 unspecified atom stereocenters. The summed E-state index contributed by atoms with van der Waals surface area (Å²) in [6.07, 6.45) is 2.06. The molecule has 0 radical (unpaired) electrons. The van der Waals surface area contributed by atoms with Crippen LogP contribution in [-0.2, 0) is 4.79 Å². The van der Waals surface area contributed by atoms with Crippen LogP contribution in [0, 0.1) is 5.92 Å². The average molecular weight is 297 g/mol. The third kappa shape index (κ3) is 4.50. The van der Waals surface area contributed by atoms with Gasteiger partial charge in [0.15, 0.2) is 0 Å². The molecule has 0 aliphatic carbocycles. The van der Waals surface area contributed by atoms with Crippen molar-refractivity contribution in [1.29, 1.82) is 0 Å². The number of amides is 1. The molecule has 0 aromatic heterocycles. The molecule has 2 N–H and O–H groups in total. The summed E-state index contributed by atoms with van der Waals surface area (Å²) >= 11 is 0. The number of carbonyl (C=O) groups excluding carboxylic acids is 1. The normalized spacial score (nSPS) is 19.4. The number of hydrogen-bond acceptors (Lipinski definition) is 2. The van der Waals surface area contributed by atoms with Gasteiger partial charge in [0.2, 0.25) is 5.91 Å². The fraction of sp³-hybridized carbons (Fsp3) is 0.562. The molecule has 1 aromatic carbocycles. The van der Waals surface area contributed by atoms with E-state index in [-0.39, 0.29) is 24.4 Å². The highest BCUT2D eigenvalue weighted by Crippen LogP contribution is 2.23. The first kappa shape index (κ1) is 17.0. The van der Waals surface area contributed by atoms with Crippen molar-refractivity contribution in [1.82, 2.24) is 10.6 Å². The second kappa shape index (κ2) is 8.28. The zero-order chi connectivity index (χ0) is 13.7. The molecule has 0 bridgehead atoms. The minimum atomic E-state index is 0. The first-order chi connectivity index (χ1) is 9.18. The minimum absolute atomic E-state index is 0. The van der Waals surface area contributed by atoms with Gasteiger partial charge in [-0.15, -0.1) is 12.4 Å². The molecule has 1 aromatic rings. The van der Waals surface area contributed by atoms with Gasteiger partial charge >= 0.3 is 0 Å². The summed E-state index contributed by atoms with van der Waals surface area (Å²) in [4.78, 5) is 12.0. The molecule has 3 nitrogen and oxygen atoms in total. The highest BCUT2D eigenvalue weighted by atomic mass is 35.5. The summed E-state index contributed by atoms with van der Waals surface area (Å²) in [5, 5.41) is 6.34. The van der Waals surface area contributed by atoms with Crippen LogP contribution in [0.4, 0.5) is 0 Å². The van der Waals surface area contributed by atoms with Crippen LogP contribution in [0.2, 0.25) is 0 Å². The smallest absolute Gasteiger partial charge is 0.237 e. The van der Waals surface area contributed by atoms with Crippen LogP contribution in [0.15, 0.2) is 30.3 Å². The Bertz CT molecular complexity index is 402. The van der Waals surface area contributed by atoms with E-state index < -0.39 is 0 Å². The van der Waals surface area contributed by atoms with Crippen molar-refractivity contribution in [3.05, 3.63) is 35.9 Å². The molecular formula is C16H25ClN2O. The maximum atomic E-state index is 12.0. The second-order valence-electron chi connectivity index (χ2n) is 5.66. The molecule has 1 saturated heterocycles. The van der Waals surface area contributed by atoms with Crippen LogP contribution in [-0.4, -0.2) is 25.0 Å². The van der Waals surface area contributed by atoms with Crippen molar-refractivity contribution in [2.75, 3.05) is 13.1 Å². The quantitative estimate of drug-likeness (QED) is 0.877. The predicted molar refractivity (Wildman–Crippen MR) is 85.3 cm³/mol. The fourth-order valence-electron chi connectivity index (χ4n) is 2.68. The lowest BCUT2D eigenvalue weighted by Gasteiger charge is -2.23. The Morgan fingerprint density at radius 2 is 2.05 bits per heavy atom.